The first kappa shape index (κ1) is 15.7. The van der Waals surface area contributed by atoms with Crippen LogP contribution in [0.25, 0.3) is 0 Å². The molecule has 110 valence electrons. The molecule has 4 nitrogen and oxygen atoms in total. The summed E-state index contributed by atoms with van der Waals surface area (Å²) in [5, 5.41) is 10.00. The van der Waals surface area contributed by atoms with Crippen molar-refractivity contribution in [3.8, 4) is 5.75 Å². The molecule has 1 aromatic carbocycles. The van der Waals surface area contributed by atoms with Crippen molar-refractivity contribution in [1.29, 1.82) is 0 Å². The Morgan fingerprint density at radius 2 is 2.14 bits per heavy atom. The highest BCUT2D eigenvalue weighted by molar-refractivity contribution is 7.99. The summed E-state index contributed by atoms with van der Waals surface area (Å²) in [7, 11) is 0. The van der Waals surface area contributed by atoms with Gasteiger partial charge >= 0.3 is 5.97 Å². The molecular weight excluding hydrogens is 310 g/mol. The van der Waals surface area contributed by atoms with Crippen LogP contribution in [0.4, 0.5) is 0 Å². The molecule has 0 bridgehead atoms. The largest absolute Gasteiger partial charge is 0.488 e. The molecule has 2 aromatic rings. The van der Waals surface area contributed by atoms with Crippen LogP contribution >= 0.6 is 23.4 Å². The molecule has 0 saturated heterocycles. The van der Waals surface area contributed by atoms with Crippen LogP contribution in [0.1, 0.15) is 24.2 Å². The van der Waals surface area contributed by atoms with E-state index in [-0.39, 0.29) is 16.7 Å². The van der Waals surface area contributed by atoms with Gasteiger partial charge in [-0.1, -0.05) is 23.4 Å². The minimum atomic E-state index is -1.05. The summed E-state index contributed by atoms with van der Waals surface area (Å²) in [6.45, 7) is 3.87. The van der Waals surface area contributed by atoms with Crippen LogP contribution < -0.4 is 4.74 Å². The predicted octanol–water partition coefficient (Wildman–Crippen LogP) is 4.37. The average Bonchev–Trinajstić information content (AvgIpc) is 2.42. The summed E-state index contributed by atoms with van der Waals surface area (Å²) in [5.41, 5.74) is 0.0731. The van der Waals surface area contributed by atoms with Crippen LogP contribution in [0.3, 0.4) is 0 Å². The zero-order chi connectivity index (χ0) is 15.4. The number of nitrogens with zero attached hydrogens (tertiary/aromatic N) is 1. The molecule has 0 amide bonds. The van der Waals surface area contributed by atoms with Crippen molar-refractivity contribution in [2.45, 2.75) is 29.9 Å². The summed E-state index contributed by atoms with van der Waals surface area (Å²) in [4.78, 5) is 16.1. The van der Waals surface area contributed by atoms with E-state index in [4.69, 9.17) is 21.4 Å². The van der Waals surface area contributed by atoms with Crippen molar-refractivity contribution >= 4 is 29.3 Å². The normalized spacial score (nSPS) is 10.7. The quantitative estimate of drug-likeness (QED) is 0.885. The van der Waals surface area contributed by atoms with E-state index in [0.29, 0.717) is 10.8 Å². The fourth-order valence-electron chi connectivity index (χ4n) is 1.64. The van der Waals surface area contributed by atoms with Crippen LogP contribution in [0.2, 0.25) is 5.02 Å². The van der Waals surface area contributed by atoms with Gasteiger partial charge in [0.05, 0.1) is 16.7 Å². The van der Waals surface area contributed by atoms with Gasteiger partial charge in [0.25, 0.3) is 0 Å². The van der Waals surface area contributed by atoms with E-state index in [1.54, 1.807) is 24.4 Å². The maximum atomic E-state index is 11.1. The molecule has 0 atom stereocenters. The Bertz CT molecular complexity index is 661. The fraction of sp³-hybridized carbons (Fsp3) is 0.200. The number of hydrogen-bond donors (Lipinski definition) is 1. The molecular formula is C15H14ClNO3S. The zero-order valence-corrected chi connectivity index (χ0v) is 13.1. The van der Waals surface area contributed by atoms with E-state index in [1.165, 1.54) is 17.8 Å². The standard InChI is InChI=1S/C15H14ClNO3S/c1-9(2)20-13-4-3-7-17-14(13)21-10-5-6-12(16)11(8-10)15(18)19/h3-9H,1-2H3,(H,18,19). The minimum absolute atomic E-state index is 0.0355. The number of pyridine rings is 1. The molecule has 0 aliphatic carbocycles. The molecule has 6 heteroatoms. The molecule has 0 fully saturated rings. The monoisotopic (exact) mass is 323 g/mol. The molecule has 2 rings (SSSR count). The molecule has 0 unspecified atom stereocenters. The Kier molecular flexibility index (Phi) is 5.09. The Morgan fingerprint density at radius 1 is 1.38 bits per heavy atom. The second-order valence-electron chi connectivity index (χ2n) is 4.52. The smallest absolute Gasteiger partial charge is 0.337 e. The highest BCUT2D eigenvalue weighted by atomic mass is 35.5. The number of benzene rings is 1. The Hall–Kier alpha value is -1.72. The van der Waals surface area contributed by atoms with E-state index in [2.05, 4.69) is 4.98 Å². The van der Waals surface area contributed by atoms with Gasteiger partial charge < -0.3 is 9.84 Å². The van der Waals surface area contributed by atoms with E-state index in [9.17, 15) is 4.79 Å². The lowest BCUT2D eigenvalue weighted by Gasteiger charge is -2.13. The van der Waals surface area contributed by atoms with Crippen LogP contribution in [0.15, 0.2) is 46.5 Å². The van der Waals surface area contributed by atoms with Gasteiger partial charge in [-0.25, -0.2) is 9.78 Å². The van der Waals surface area contributed by atoms with Crippen molar-refractivity contribution in [2.24, 2.45) is 0 Å². The van der Waals surface area contributed by atoms with Gasteiger partial charge in [0.2, 0.25) is 0 Å². The number of carboxylic acids is 1. The Balaban J connectivity index is 2.30. The van der Waals surface area contributed by atoms with E-state index < -0.39 is 5.97 Å². The first-order chi connectivity index (χ1) is 9.97. The Morgan fingerprint density at radius 3 is 2.81 bits per heavy atom. The summed E-state index contributed by atoms with van der Waals surface area (Å²) in [6, 6.07) is 8.49. The van der Waals surface area contributed by atoms with Gasteiger partial charge in [-0.15, -0.1) is 0 Å². The van der Waals surface area contributed by atoms with Gasteiger partial charge in [-0.05, 0) is 44.2 Å². The topological polar surface area (TPSA) is 59.4 Å². The third kappa shape index (κ3) is 4.12. The molecule has 0 saturated carbocycles. The maximum Gasteiger partial charge on any atom is 0.337 e. The van der Waals surface area contributed by atoms with Crippen LogP contribution in [0, 0.1) is 0 Å². The fourth-order valence-corrected chi connectivity index (χ4v) is 2.70. The summed E-state index contributed by atoms with van der Waals surface area (Å²) in [6.07, 6.45) is 1.71. The lowest BCUT2D eigenvalue weighted by Crippen LogP contribution is -2.06. The molecule has 1 heterocycles. The highest BCUT2D eigenvalue weighted by Gasteiger charge is 2.13. The SMILES string of the molecule is CC(C)Oc1cccnc1Sc1ccc(Cl)c(C(=O)O)c1. The number of aromatic carboxylic acids is 1. The molecule has 1 N–H and O–H groups in total. The maximum absolute atomic E-state index is 11.1. The van der Waals surface area contributed by atoms with E-state index in [0.717, 1.165) is 4.90 Å². The molecule has 1 aromatic heterocycles. The summed E-state index contributed by atoms with van der Waals surface area (Å²) in [5.74, 6) is -0.383. The van der Waals surface area contributed by atoms with Crippen molar-refractivity contribution in [3.63, 3.8) is 0 Å². The van der Waals surface area contributed by atoms with E-state index >= 15 is 0 Å². The van der Waals surface area contributed by atoms with Crippen LogP contribution in [-0.4, -0.2) is 22.2 Å². The third-order valence-corrected chi connectivity index (χ3v) is 3.80. The van der Waals surface area contributed by atoms with Crippen molar-refractivity contribution in [2.75, 3.05) is 0 Å². The van der Waals surface area contributed by atoms with Gasteiger partial charge in [0.1, 0.15) is 5.03 Å². The lowest BCUT2D eigenvalue weighted by atomic mass is 10.2. The second-order valence-corrected chi connectivity index (χ2v) is 5.99. The first-order valence-corrected chi connectivity index (χ1v) is 7.49. The van der Waals surface area contributed by atoms with Crippen molar-refractivity contribution in [3.05, 3.63) is 47.1 Å². The number of aromatic nitrogens is 1. The van der Waals surface area contributed by atoms with Gasteiger partial charge in [0, 0.05) is 11.1 Å². The van der Waals surface area contributed by atoms with Crippen molar-refractivity contribution in [1.82, 2.24) is 4.98 Å². The minimum Gasteiger partial charge on any atom is -0.488 e. The van der Waals surface area contributed by atoms with Gasteiger partial charge in [-0.3, -0.25) is 0 Å². The average molecular weight is 324 g/mol. The molecule has 21 heavy (non-hydrogen) atoms. The summed E-state index contributed by atoms with van der Waals surface area (Å²) >= 11 is 7.20. The van der Waals surface area contributed by atoms with Gasteiger partial charge in [-0.2, -0.15) is 0 Å². The lowest BCUT2D eigenvalue weighted by molar-refractivity contribution is 0.0697. The molecule has 0 spiro atoms. The Labute approximate surface area is 132 Å². The predicted molar refractivity (Wildman–Crippen MR) is 82.5 cm³/mol. The number of ether oxygens (including phenoxy) is 1. The van der Waals surface area contributed by atoms with Crippen molar-refractivity contribution < 1.29 is 14.6 Å². The number of hydrogen-bond acceptors (Lipinski definition) is 4. The highest BCUT2D eigenvalue weighted by Crippen LogP contribution is 2.35. The third-order valence-electron chi connectivity index (χ3n) is 2.48. The number of carboxylic acid groups (broad SMARTS) is 1. The second kappa shape index (κ2) is 6.83. The number of rotatable bonds is 5. The van der Waals surface area contributed by atoms with Gasteiger partial charge in [0.15, 0.2) is 5.75 Å². The molecule has 0 radical (unpaired) electrons. The zero-order valence-electron chi connectivity index (χ0n) is 11.5. The van der Waals surface area contributed by atoms with E-state index in [1.807, 2.05) is 19.9 Å². The first-order valence-electron chi connectivity index (χ1n) is 6.29. The number of halogens is 1. The van der Waals surface area contributed by atoms with Crippen LogP contribution in [0.5, 0.6) is 5.75 Å². The molecule has 0 aliphatic heterocycles. The molecule has 0 aliphatic rings. The number of carbonyl (C=O) groups is 1. The summed E-state index contributed by atoms with van der Waals surface area (Å²) < 4.78 is 5.69. The van der Waals surface area contributed by atoms with Crippen LogP contribution in [-0.2, 0) is 0 Å².